The van der Waals surface area contributed by atoms with Gasteiger partial charge in [0, 0.05) is 21.0 Å². The molecule has 1 aromatic heterocycles. The average Bonchev–Trinajstić information content (AvgIpc) is 2.75. The van der Waals surface area contributed by atoms with E-state index in [1.807, 2.05) is 57.2 Å². The average molecular weight is 343 g/mol. The molecule has 2 nitrogen and oxygen atoms in total. The van der Waals surface area contributed by atoms with Crippen LogP contribution in [-0.2, 0) is 0 Å². The van der Waals surface area contributed by atoms with Crippen LogP contribution in [0, 0.1) is 20.8 Å². The molecule has 0 amide bonds. The monoisotopic (exact) mass is 342 g/mol. The number of carbonyl (C=O) groups is 1. The molecule has 21 heavy (non-hydrogen) atoms. The zero-order valence-corrected chi connectivity index (χ0v) is 13.7. The van der Waals surface area contributed by atoms with Crippen LogP contribution < -0.4 is 0 Å². The molecule has 0 bridgehead atoms. The van der Waals surface area contributed by atoms with Gasteiger partial charge in [-0.2, -0.15) is 0 Å². The van der Waals surface area contributed by atoms with Gasteiger partial charge in [0.2, 0.25) is 5.78 Å². The number of aryl methyl sites for hydroxylation is 3. The van der Waals surface area contributed by atoms with Crippen molar-refractivity contribution in [2.24, 2.45) is 0 Å². The number of halogens is 1. The molecule has 3 aromatic rings. The highest BCUT2D eigenvalue weighted by molar-refractivity contribution is 9.10. The minimum Gasteiger partial charge on any atom is -0.452 e. The lowest BCUT2D eigenvalue weighted by Gasteiger charge is -2.04. The Morgan fingerprint density at radius 2 is 1.81 bits per heavy atom. The Kier molecular flexibility index (Phi) is 3.46. The molecule has 1 heterocycles. The Labute approximate surface area is 131 Å². The van der Waals surface area contributed by atoms with E-state index in [9.17, 15) is 4.79 Å². The van der Waals surface area contributed by atoms with Crippen LogP contribution >= 0.6 is 15.9 Å². The summed E-state index contributed by atoms with van der Waals surface area (Å²) in [5.41, 5.74) is 4.44. The fourth-order valence-electron chi connectivity index (χ4n) is 2.61. The normalized spacial score (nSPS) is 11.0. The maximum atomic E-state index is 12.7. The largest absolute Gasteiger partial charge is 0.452 e. The molecule has 0 atom stereocenters. The van der Waals surface area contributed by atoms with Crippen LogP contribution in [0.2, 0.25) is 0 Å². The van der Waals surface area contributed by atoms with Crippen molar-refractivity contribution in [3.05, 3.63) is 68.9 Å². The van der Waals surface area contributed by atoms with Crippen LogP contribution in [0.15, 0.2) is 45.3 Å². The third-order valence-electron chi connectivity index (χ3n) is 3.73. The van der Waals surface area contributed by atoms with Crippen molar-refractivity contribution < 1.29 is 9.21 Å². The second kappa shape index (κ2) is 5.15. The fraction of sp³-hybridized carbons (Fsp3) is 0.167. The summed E-state index contributed by atoms with van der Waals surface area (Å²) in [4.78, 5) is 12.7. The van der Waals surface area contributed by atoms with E-state index in [1.165, 1.54) is 0 Å². The van der Waals surface area contributed by atoms with Gasteiger partial charge in [0.25, 0.3) is 0 Å². The van der Waals surface area contributed by atoms with E-state index in [1.54, 1.807) is 0 Å². The van der Waals surface area contributed by atoms with Gasteiger partial charge in [-0.1, -0.05) is 39.7 Å². The lowest BCUT2D eigenvalue weighted by atomic mass is 9.99. The van der Waals surface area contributed by atoms with Crippen LogP contribution in [0.25, 0.3) is 11.0 Å². The number of hydrogen-bond acceptors (Lipinski definition) is 2. The smallest absolute Gasteiger partial charge is 0.228 e. The first-order chi connectivity index (χ1) is 9.97. The molecular formula is C18H15BrO2. The van der Waals surface area contributed by atoms with Gasteiger partial charge in [0.1, 0.15) is 5.58 Å². The summed E-state index contributed by atoms with van der Waals surface area (Å²) in [6.45, 7) is 5.90. The SMILES string of the molecule is Cc1ccc(C(=O)c2oc3cc(Br)ccc3c2C)c(C)c1. The predicted molar refractivity (Wildman–Crippen MR) is 88.0 cm³/mol. The van der Waals surface area contributed by atoms with Crippen LogP contribution in [-0.4, -0.2) is 5.78 Å². The molecule has 0 fully saturated rings. The van der Waals surface area contributed by atoms with Crippen molar-refractivity contribution in [1.29, 1.82) is 0 Å². The van der Waals surface area contributed by atoms with Gasteiger partial charge in [-0.15, -0.1) is 0 Å². The van der Waals surface area contributed by atoms with Gasteiger partial charge < -0.3 is 4.42 Å². The number of fused-ring (bicyclic) bond motifs is 1. The molecule has 3 heteroatoms. The molecule has 0 aliphatic carbocycles. The van der Waals surface area contributed by atoms with Crippen LogP contribution in [0.1, 0.15) is 32.8 Å². The minimum absolute atomic E-state index is 0.0580. The van der Waals surface area contributed by atoms with Crippen molar-refractivity contribution in [3.63, 3.8) is 0 Å². The van der Waals surface area contributed by atoms with Gasteiger partial charge in [-0.3, -0.25) is 4.79 Å². The zero-order valence-electron chi connectivity index (χ0n) is 12.2. The van der Waals surface area contributed by atoms with E-state index in [0.717, 1.165) is 32.1 Å². The summed E-state index contributed by atoms with van der Waals surface area (Å²) in [6, 6.07) is 11.7. The highest BCUT2D eigenvalue weighted by Gasteiger charge is 2.20. The number of ketones is 1. The van der Waals surface area contributed by atoms with Crippen LogP contribution in [0.5, 0.6) is 0 Å². The summed E-state index contributed by atoms with van der Waals surface area (Å²) < 4.78 is 6.74. The van der Waals surface area contributed by atoms with Crippen molar-refractivity contribution >= 4 is 32.7 Å². The number of rotatable bonds is 2. The molecular weight excluding hydrogens is 328 g/mol. The van der Waals surface area contributed by atoms with E-state index in [4.69, 9.17) is 4.42 Å². The molecule has 106 valence electrons. The van der Waals surface area contributed by atoms with Crippen molar-refractivity contribution in [1.82, 2.24) is 0 Å². The molecule has 0 aliphatic heterocycles. The highest BCUT2D eigenvalue weighted by atomic mass is 79.9. The van der Waals surface area contributed by atoms with Gasteiger partial charge in [-0.25, -0.2) is 0 Å². The third-order valence-corrected chi connectivity index (χ3v) is 4.23. The fourth-order valence-corrected chi connectivity index (χ4v) is 2.95. The van der Waals surface area contributed by atoms with Crippen molar-refractivity contribution in [2.45, 2.75) is 20.8 Å². The Bertz CT molecular complexity index is 859. The van der Waals surface area contributed by atoms with Gasteiger partial charge >= 0.3 is 0 Å². The van der Waals surface area contributed by atoms with Crippen molar-refractivity contribution in [2.75, 3.05) is 0 Å². The molecule has 0 radical (unpaired) electrons. The second-order valence-corrected chi connectivity index (χ2v) is 6.26. The lowest BCUT2D eigenvalue weighted by molar-refractivity contribution is 0.101. The predicted octanol–water partition coefficient (Wildman–Crippen LogP) is 5.35. The molecule has 3 rings (SSSR count). The summed E-state index contributed by atoms with van der Waals surface area (Å²) in [5.74, 6) is 0.368. The van der Waals surface area contributed by atoms with E-state index in [0.29, 0.717) is 11.3 Å². The first-order valence-corrected chi connectivity index (χ1v) is 7.57. The van der Waals surface area contributed by atoms with E-state index in [-0.39, 0.29) is 5.78 Å². The quantitative estimate of drug-likeness (QED) is 0.587. The van der Waals surface area contributed by atoms with Gasteiger partial charge in [0.15, 0.2) is 5.76 Å². The molecule has 0 aliphatic rings. The van der Waals surface area contributed by atoms with Gasteiger partial charge in [-0.05, 0) is 44.5 Å². The summed E-state index contributed by atoms with van der Waals surface area (Å²) in [6.07, 6.45) is 0. The number of hydrogen-bond donors (Lipinski definition) is 0. The van der Waals surface area contributed by atoms with E-state index in [2.05, 4.69) is 15.9 Å². The number of benzene rings is 2. The first-order valence-electron chi connectivity index (χ1n) is 6.78. The molecule has 0 N–H and O–H groups in total. The second-order valence-electron chi connectivity index (χ2n) is 5.34. The molecule has 0 unspecified atom stereocenters. The third kappa shape index (κ3) is 2.42. The van der Waals surface area contributed by atoms with Crippen LogP contribution in [0.4, 0.5) is 0 Å². The Morgan fingerprint density at radius 1 is 1.05 bits per heavy atom. The van der Waals surface area contributed by atoms with Crippen LogP contribution in [0.3, 0.4) is 0 Å². The maximum Gasteiger partial charge on any atom is 0.228 e. The molecule has 0 spiro atoms. The summed E-state index contributed by atoms with van der Waals surface area (Å²) >= 11 is 3.42. The topological polar surface area (TPSA) is 30.2 Å². The molecule has 0 saturated heterocycles. The lowest BCUT2D eigenvalue weighted by Crippen LogP contribution is -2.04. The highest BCUT2D eigenvalue weighted by Crippen LogP contribution is 2.29. The minimum atomic E-state index is -0.0580. The maximum absolute atomic E-state index is 12.7. The first kappa shape index (κ1) is 14.1. The standard InChI is InChI=1S/C18H15BrO2/c1-10-4-6-14(11(2)8-10)17(20)18-12(3)15-7-5-13(19)9-16(15)21-18/h4-9H,1-3H3. The summed E-state index contributed by atoms with van der Waals surface area (Å²) in [5, 5.41) is 0.978. The molecule has 2 aromatic carbocycles. The Balaban J connectivity index is 2.15. The van der Waals surface area contributed by atoms with Crippen molar-refractivity contribution in [3.8, 4) is 0 Å². The zero-order chi connectivity index (χ0) is 15.1. The Morgan fingerprint density at radius 3 is 2.52 bits per heavy atom. The summed E-state index contributed by atoms with van der Waals surface area (Å²) in [7, 11) is 0. The number of carbonyl (C=O) groups excluding carboxylic acids is 1. The van der Waals surface area contributed by atoms with Gasteiger partial charge in [0.05, 0.1) is 0 Å². The Hall–Kier alpha value is -1.87. The van der Waals surface area contributed by atoms with E-state index >= 15 is 0 Å². The molecule has 0 saturated carbocycles. The van der Waals surface area contributed by atoms with E-state index < -0.39 is 0 Å². The number of furan rings is 1.